The summed E-state index contributed by atoms with van der Waals surface area (Å²) in [7, 11) is 1.56. The van der Waals surface area contributed by atoms with Crippen LogP contribution in [0.15, 0.2) is 41.5 Å². The Balaban J connectivity index is 1.71. The highest BCUT2D eigenvalue weighted by Crippen LogP contribution is 2.34. The third kappa shape index (κ3) is 3.23. The lowest BCUT2D eigenvalue weighted by Crippen LogP contribution is -2.42. The molecule has 0 atom stereocenters. The lowest BCUT2D eigenvalue weighted by molar-refractivity contribution is -0.143. The van der Waals surface area contributed by atoms with Crippen LogP contribution in [0.1, 0.15) is 26.6 Å². The first-order chi connectivity index (χ1) is 14.3. The molecule has 2 amide bonds. The van der Waals surface area contributed by atoms with Crippen LogP contribution in [0.3, 0.4) is 0 Å². The van der Waals surface area contributed by atoms with Crippen molar-refractivity contribution in [3.05, 3.63) is 54.1 Å². The molecule has 0 spiro atoms. The van der Waals surface area contributed by atoms with Gasteiger partial charge in [0, 0.05) is 7.05 Å². The Hall–Kier alpha value is -4.23. The van der Waals surface area contributed by atoms with E-state index < -0.39 is 29.2 Å². The lowest BCUT2D eigenvalue weighted by Gasteiger charge is -2.12. The number of hydrogen-bond donors (Lipinski definition) is 2. The van der Waals surface area contributed by atoms with Crippen LogP contribution < -0.4 is 10.9 Å². The molecule has 2 N–H and O–H groups in total. The molecule has 4 heterocycles. The summed E-state index contributed by atoms with van der Waals surface area (Å²) in [6, 6.07) is 2.75. The van der Waals surface area contributed by atoms with Gasteiger partial charge >= 0.3 is 12.1 Å². The molecule has 0 bridgehead atoms. The van der Waals surface area contributed by atoms with Crippen LogP contribution in [0.5, 0.6) is 0 Å². The summed E-state index contributed by atoms with van der Waals surface area (Å²) in [5.74, 6) is -2.42. The molecular weight excluding hydrogens is 409 g/mol. The molecule has 14 heteroatoms. The highest BCUT2D eigenvalue weighted by atomic mass is 19.4. The molecule has 11 nitrogen and oxygen atoms in total. The Labute approximate surface area is 164 Å². The van der Waals surface area contributed by atoms with Crippen molar-refractivity contribution in [2.75, 3.05) is 0 Å². The van der Waals surface area contributed by atoms with Gasteiger partial charge in [0.05, 0.1) is 29.6 Å². The number of carbonyl (C=O) groups excluding carboxylic acids is 2. The molecule has 0 aliphatic rings. The molecule has 154 valence electrons. The van der Waals surface area contributed by atoms with Gasteiger partial charge in [0.15, 0.2) is 22.9 Å². The molecule has 4 rings (SSSR count). The number of aryl methyl sites for hydroxylation is 1. The minimum Gasteiger partial charge on any atom is -0.459 e. The average molecular weight is 420 g/mol. The Morgan fingerprint density at radius 3 is 2.57 bits per heavy atom. The Bertz CT molecular complexity index is 1240. The second-order valence-electron chi connectivity index (χ2n) is 5.90. The van der Waals surface area contributed by atoms with Crippen molar-refractivity contribution in [3.63, 3.8) is 0 Å². The van der Waals surface area contributed by atoms with E-state index in [1.807, 2.05) is 10.9 Å². The van der Waals surface area contributed by atoms with Crippen LogP contribution in [0.2, 0.25) is 0 Å². The zero-order chi connectivity index (χ0) is 21.5. The molecule has 0 saturated carbocycles. The molecule has 0 aromatic carbocycles. The number of halogens is 3. The Morgan fingerprint density at radius 1 is 1.10 bits per heavy atom. The van der Waals surface area contributed by atoms with Crippen LogP contribution in [-0.4, -0.2) is 41.3 Å². The molecule has 4 aromatic rings. The normalized spacial score (nSPS) is 11.6. The van der Waals surface area contributed by atoms with Gasteiger partial charge in [-0.25, -0.2) is 14.6 Å². The second kappa shape index (κ2) is 6.98. The molecule has 0 saturated heterocycles. The number of hydrazine groups is 1. The van der Waals surface area contributed by atoms with Gasteiger partial charge in [-0.05, 0) is 12.1 Å². The number of furan rings is 1. The van der Waals surface area contributed by atoms with Crippen LogP contribution in [0.25, 0.3) is 16.9 Å². The third-order valence-corrected chi connectivity index (χ3v) is 4.03. The fourth-order valence-corrected chi connectivity index (χ4v) is 2.72. The lowest BCUT2D eigenvalue weighted by atomic mass is 10.2. The van der Waals surface area contributed by atoms with Gasteiger partial charge in [0.2, 0.25) is 0 Å². The van der Waals surface area contributed by atoms with E-state index in [0.717, 1.165) is 12.5 Å². The van der Waals surface area contributed by atoms with Gasteiger partial charge < -0.3 is 4.42 Å². The maximum atomic E-state index is 13.8. The SMILES string of the molecule is Cn1ncc2c(-n3ncc(C(=O)NNC(=O)c4ccco4)c3C(F)(F)F)ncnc21. The number of aromatic nitrogens is 6. The zero-order valence-corrected chi connectivity index (χ0v) is 15.0. The van der Waals surface area contributed by atoms with E-state index in [4.69, 9.17) is 4.42 Å². The zero-order valence-electron chi connectivity index (χ0n) is 15.0. The highest BCUT2D eigenvalue weighted by Gasteiger charge is 2.41. The van der Waals surface area contributed by atoms with E-state index in [-0.39, 0.29) is 22.6 Å². The summed E-state index contributed by atoms with van der Waals surface area (Å²) in [5.41, 5.74) is 1.95. The summed E-state index contributed by atoms with van der Waals surface area (Å²) >= 11 is 0. The molecule has 0 radical (unpaired) electrons. The van der Waals surface area contributed by atoms with Crippen molar-refractivity contribution in [1.29, 1.82) is 0 Å². The molecule has 0 aliphatic heterocycles. The van der Waals surface area contributed by atoms with Gasteiger partial charge in [-0.15, -0.1) is 0 Å². The number of hydrogen-bond acceptors (Lipinski definition) is 7. The van der Waals surface area contributed by atoms with Crippen LogP contribution >= 0.6 is 0 Å². The van der Waals surface area contributed by atoms with Crippen molar-refractivity contribution < 1.29 is 27.2 Å². The minimum absolute atomic E-state index is 0.137. The first-order valence-corrected chi connectivity index (χ1v) is 8.20. The number of fused-ring (bicyclic) bond motifs is 1. The topological polar surface area (TPSA) is 133 Å². The van der Waals surface area contributed by atoms with E-state index in [0.29, 0.717) is 4.68 Å². The molecular formula is C16H11F3N8O3. The second-order valence-corrected chi connectivity index (χ2v) is 5.90. The van der Waals surface area contributed by atoms with Crippen molar-refractivity contribution in [3.8, 4) is 5.82 Å². The molecule has 4 aromatic heterocycles. The number of rotatable bonds is 3. The monoisotopic (exact) mass is 420 g/mol. The van der Waals surface area contributed by atoms with Crippen molar-refractivity contribution >= 4 is 22.8 Å². The summed E-state index contributed by atoms with van der Waals surface area (Å²) < 4.78 is 48.1. The van der Waals surface area contributed by atoms with E-state index in [9.17, 15) is 22.8 Å². The van der Waals surface area contributed by atoms with E-state index >= 15 is 0 Å². The maximum Gasteiger partial charge on any atom is 0.434 e. The maximum absolute atomic E-state index is 13.8. The largest absolute Gasteiger partial charge is 0.459 e. The van der Waals surface area contributed by atoms with Gasteiger partial charge in [-0.1, -0.05) is 0 Å². The van der Waals surface area contributed by atoms with Crippen molar-refractivity contribution in [2.45, 2.75) is 6.18 Å². The minimum atomic E-state index is -4.96. The number of nitrogens with one attached hydrogen (secondary N) is 2. The third-order valence-electron chi connectivity index (χ3n) is 4.03. The number of amides is 2. The quantitative estimate of drug-likeness (QED) is 0.477. The molecule has 30 heavy (non-hydrogen) atoms. The first kappa shape index (κ1) is 19.1. The smallest absolute Gasteiger partial charge is 0.434 e. The fraction of sp³-hybridized carbons (Fsp3) is 0.125. The van der Waals surface area contributed by atoms with Gasteiger partial charge in [-0.2, -0.15) is 23.4 Å². The summed E-state index contributed by atoms with van der Waals surface area (Å²) in [5, 5.41) is 7.83. The van der Waals surface area contributed by atoms with Crippen LogP contribution in [0.4, 0.5) is 13.2 Å². The van der Waals surface area contributed by atoms with E-state index in [2.05, 4.69) is 20.2 Å². The van der Waals surface area contributed by atoms with Crippen molar-refractivity contribution in [2.24, 2.45) is 7.05 Å². The van der Waals surface area contributed by atoms with Gasteiger partial charge in [0.1, 0.15) is 6.33 Å². The Morgan fingerprint density at radius 2 is 1.87 bits per heavy atom. The highest BCUT2D eigenvalue weighted by molar-refractivity contribution is 5.98. The molecule has 0 aliphatic carbocycles. The predicted molar refractivity (Wildman–Crippen MR) is 92.1 cm³/mol. The Kier molecular flexibility index (Phi) is 4.45. The average Bonchev–Trinajstić information content (AvgIpc) is 3.45. The fourth-order valence-electron chi connectivity index (χ4n) is 2.72. The van der Waals surface area contributed by atoms with E-state index in [1.54, 1.807) is 7.05 Å². The van der Waals surface area contributed by atoms with Gasteiger partial charge in [-0.3, -0.25) is 25.1 Å². The van der Waals surface area contributed by atoms with Gasteiger partial charge in [0.25, 0.3) is 5.91 Å². The van der Waals surface area contributed by atoms with Crippen LogP contribution in [-0.2, 0) is 13.2 Å². The first-order valence-electron chi connectivity index (χ1n) is 8.20. The van der Waals surface area contributed by atoms with E-state index in [1.165, 1.54) is 29.3 Å². The predicted octanol–water partition coefficient (Wildman–Crippen LogP) is 1.24. The summed E-state index contributed by atoms with van der Waals surface area (Å²) in [6.07, 6.45) is -0.668. The summed E-state index contributed by atoms with van der Waals surface area (Å²) in [4.78, 5) is 32.0. The number of nitrogens with zero attached hydrogens (tertiary/aromatic N) is 6. The number of carbonyl (C=O) groups is 2. The number of alkyl halides is 3. The van der Waals surface area contributed by atoms with Crippen molar-refractivity contribution in [1.82, 2.24) is 40.4 Å². The molecule has 0 unspecified atom stereocenters. The standard InChI is InChI=1S/C16H11F3N8O3/c1-26-12-9(6-22-26)13(21-7-20-12)27-11(16(17,18)19)8(5-23-27)14(28)24-25-15(29)10-3-2-4-30-10/h2-7H,1H3,(H,24,28)(H,25,29). The molecule has 0 fully saturated rings. The summed E-state index contributed by atoms with van der Waals surface area (Å²) in [6.45, 7) is 0. The van der Waals surface area contributed by atoms with Crippen LogP contribution in [0, 0.1) is 0 Å².